The van der Waals surface area contributed by atoms with E-state index in [9.17, 15) is 0 Å². The van der Waals surface area contributed by atoms with Crippen molar-refractivity contribution in [3.8, 4) is 17.1 Å². The molecule has 0 bridgehead atoms. The van der Waals surface area contributed by atoms with E-state index in [4.69, 9.17) is 9.72 Å². The largest absolute Gasteiger partial charge is 0.497 e. The third-order valence-electron chi connectivity index (χ3n) is 5.38. The molecule has 1 aromatic heterocycles. The lowest BCUT2D eigenvalue weighted by Crippen LogP contribution is -2.24. The Morgan fingerprint density at radius 3 is 2.41 bits per heavy atom. The molecule has 0 fully saturated rings. The molecule has 144 valence electrons. The van der Waals surface area contributed by atoms with Crippen molar-refractivity contribution in [3.05, 3.63) is 48.5 Å². The smallest absolute Gasteiger partial charge is 0.141 e. The number of methoxy groups -OCH3 is 1. The number of hydrogen-bond donors (Lipinski definition) is 0. The van der Waals surface area contributed by atoms with E-state index < -0.39 is 0 Å². The summed E-state index contributed by atoms with van der Waals surface area (Å²) >= 11 is 0. The molecule has 0 N–H and O–H groups in total. The van der Waals surface area contributed by atoms with Gasteiger partial charge in [0, 0.05) is 11.6 Å². The molecule has 4 nitrogen and oxygen atoms in total. The van der Waals surface area contributed by atoms with Crippen LogP contribution in [0.15, 0.2) is 48.5 Å². The van der Waals surface area contributed by atoms with Gasteiger partial charge < -0.3 is 14.2 Å². The van der Waals surface area contributed by atoms with Crippen molar-refractivity contribution in [2.45, 2.75) is 39.7 Å². The minimum Gasteiger partial charge on any atom is -0.497 e. The average molecular weight is 366 g/mol. The number of rotatable bonds is 9. The molecule has 0 aliphatic carbocycles. The Balaban J connectivity index is 1.90. The number of aromatic nitrogens is 2. The van der Waals surface area contributed by atoms with E-state index >= 15 is 0 Å². The Hall–Kier alpha value is -2.33. The highest BCUT2D eigenvalue weighted by atomic mass is 16.5. The molecule has 0 amide bonds. The zero-order valence-electron chi connectivity index (χ0n) is 17.0. The number of imidazole rings is 1. The Bertz CT molecular complexity index is 850. The lowest BCUT2D eigenvalue weighted by molar-refractivity contribution is 0.289. The van der Waals surface area contributed by atoms with Gasteiger partial charge in [-0.2, -0.15) is 0 Å². The van der Waals surface area contributed by atoms with Crippen LogP contribution in [0, 0.1) is 0 Å². The van der Waals surface area contributed by atoms with E-state index in [0.717, 1.165) is 48.7 Å². The molecule has 3 aromatic rings. The SMILES string of the molecule is CCN(CC)CCCC(C)n1c(-c2ccc(OC)cc2)nc2ccccc21. The number of para-hydroxylation sites is 2. The molecular weight excluding hydrogens is 334 g/mol. The van der Waals surface area contributed by atoms with Crippen LogP contribution in [0.1, 0.15) is 39.7 Å². The van der Waals surface area contributed by atoms with Crippen LogP contribution in [0.25, 0.3) is 22.4 Å². The number of benzene rings is 2. The standard InChI is InChI=1S/C23H31N3O/c1-5-25(6-2)17-9-10-18(3)26-22-12-8-7-11-21(22)24-23(26)19-13-15-20(27-4)16-14-19/h7-8,11-16,18H,5-6,9-10,17H2,1-4H3. The summed E-state index contributed by atoms with van der Waals surface area (Å²) in [4.78, 5) is 7.44. The number of hydrogen-bond acceptors (Lipinski definition) is 3. The molecule has 0 saturated heterocycles. The second kappa shape index (κ2) is 9.05. The van der Waals surface area contributed by atoms with Gasteiger partial charge in [-0.15, -0.1) is 0 Å². The molecule has 2 aromatic carbocycles. The maximum atomic E-state index is 5.31. The van der Waals surface area contributed by atoms with E-state index in [2.05, 4.69) is 66.6 Å². The third-order valence-corrected chi connectivity index (χ3v) is 5.38. The molecule has 0 radical (unpaired) electrons. The molecule has 27 heavy (non-hydrogen) atoms. The molecule has 4 heteroatoms. The Morgan fingerprint density at radius 2 is 1.74 bits per heavy atom. The number of ether oxygens (including phenoxy) is 1. The van der Waals surface area contributed by atoms with Gasteiger partial charge in [0.25, 0.3) is 0 Å². The predicted molar refractivity (Wildman–Crippen MR) is 113 cm³/mol. The van der Waals surface area contributed by atoms with E-state index in [1.54, 1.807) is 7.11 Å². The quantitative estimate of drug-likeness (QED) is 0.509. The van der Waals surface area contributed by atoms with Gasteiger partial charge in [-0.1, -0.05) is 26.0 Å². The van der Waals surface area contributed by atoms with Crippen molar-refractivity contribution >= 4 is 11.0 Å². The minimum absolute atomic E-state index is 0.394. The Kier molecular flexibility index (Phi) is 6.51. The highest BCUT2D eigenvalue weighted by molar-refractivity contribution is 5.80. The summed E-state index contributed by atoms with van der Waals surface area (Å²) in [6.07, 6.45) is 2.33. The fraction of sp³-hybridized carbons (Fsp3) is 0.435. The second-order valence-corrected chi connectivity index (χ2v) is 7.04. The third kappa shape index (κ3) is 4.33. The first kappa shape index (κ1) is 19.4. The van der Waals surface area contributed by atoms with Gasteiger partial charge in [0.05, 0.1) is 18.1 Å². The summed E-state index contributed by atoms with van der Waals surface area (Å²) in [5.74, 6) is 1.91. The van der Waals surface area contributed by atoms with Crippen molar-refractivity contribution in [2.75, 3.05) is 26.7 Å². The van der Waals surface area contributed by atoms with Crippen LogP contribution >= 0.6 is 0 Å². The molecule has 1 atom stereocenters. The average Bonchev–Trinajstić information content (AvgIpc) is 3.11. The predicted octanol–water partition coefficient (Wildman–Crippen LogP) is 5.39. The fourth-order valence-corrected chi connectivity index (χ4v) is 3.71. The minimum atomic E-state index is 0.394. The summed E-state index contributed by atoms with van der Waals surface area (Å²) in [5, 5.41) is 0. The van der Waals surface area contributed by atoms with Crippen LogP contribution < -0.4 is 4.74 Å². The highest BCUT2D eigenvalue weighted by Crippen LogP contribution is 2.31. The van der Waals surface area contributed by atoms with Crippen molar-refractivity contribution < 1.29 is 4.74 Å². The molecular formula is C23H31N3O. The fourth-order valence-electron chi connectivity index (χ4n) is 3.71. The number of nitrogens with zero attached hydrogens (tertiary/aromatic N) is 3. The van der Waals surface area contributed by atoms with Crippen molar-refractivity contribution in [3.63, 3.8) is 0 Å². The monoisotopic (exact) mass is 365 g/mol. The first-order chi connectivity index (χ1) is 13.2. The Labute approximate surface area is 162 Å². The summed E-state index contributed by atoms with van der Waals surface area (Å²) in [6, 6.07) is 17.0. The van der Waals surface area contributed by atoms with E-state index in [1.807, 2.05) is 12.1 Å². The lowest BCUT2D eigenvalue weighted by atomic mass is 10.1. The van der Waals surface area contributed by atoms with Crippen LogP contribution in [0.5, 0.6) is 5.75 Å². The Morgan fingerprint density at radius 1 is 1.04 bits per heavy atom. The van der Waals surface area contributed by atoms with Crippen molar-refractivity contribution in [1.82, 2.24) is 14.5 Å². The summed E-state index contributed by atoms with van der Waals surface area (Å²) in [5.41, 5.74) is 3.39. The first-order valence-corrected chi connectivity index (χ1v) is 10.0. The first-order valence-electron chi connectivity index (χ1n) is 10.0. The molecule has 0 aliphatic rings. The van der Waals surface area contributed by atoms with Crippen molar-refractivity contribution in [2.24, 2.45) is 0 Å². The molecule has 1 unspecified atom stereocenters. The lowest BCUT2D eigenvalue weighted by Gasteiger charge is -2.21. The maximum absolute atomic E-state index is 5.31. The second-order valence-electron chi connectivity index (χ2n) is 7.04. The van der Waals surface area contributed by atoms with Gasteiger partial charge in [0.15, 0.2) is 0 Å². The van der Waals surface area contributed by atoms with Gasteiger partial charge in [0.1, 0.15) is 11.6 Å². The van der Waals surface area contributed by atoms with Gasteiger partial charge in [-0.3, -0.25) is 0 Å². The van der Waals surface area contributed by atoms with E-state index in [1.165, 1.54) is 11.9 Å². The maximum Gasteiger partial charge on any atom is 0.141 e. The van der Waals surface area contributed by atoms with Gasteiger partial charge >= 0.3 is 0 Å². The highest BCUT2D eigenvalue weighted by Gasteiger charge is 2.17. The van der Waals surface area contributed by atoms with E-state index in [-0.39, 0.29) is 0 Å². The van der Waals surface area contributed by atoms with Crippen LogP contribution in [0.3, 0.4) is 0 Å². The summed E-state index contributed by atoms with van der Waals surface area (Å²) in [7, 11) is 1.70. The summed E-state index contributed by atoms with van der Waals surface area (Å²) < 4.78 is 7.71. The molecule has 0 aliphatic heterocycles. The zero-order valence-corrected chi connectivity index (χ0v) is 17.0. The van der Waals surface area contributed by atoms with Crippen LogP contribution in [-0.2, 0) is 0 Å². The van der Waals surface area contributed by atoms with Gasteiger partial charge in [-0.05, 0) is 75.8 Å². The van der Waals surface area contributed by atoms with Crippen molar-refractivity contribution in [1.29, 1.82) is 0 Å². The van der Waals surface area contributed by atoms with Crippen LogP contribution in [0.2, 0.25) is 0 Å². The molecule has 0 saturated carbocycles. The van der Waals surface area contributed by atoms with Gasteiger partial charge in [0.2, 0.25) is 0 Å². The summed E-state index contributed by atoms with van der Waals surface area (Å²) in [6.45, 7) is 10.2. The number of fused-ring (bicyclic) bond motifs is 1. The topological polar surface area (TPSA) is 30.3 Å². The molecule has 1 heterocycles. The molecule has 3 rings (SSSR count). The van der Waals surface area contributed by atoms with Gasteiger partial charge in [-0.25, -0.2) is 4.98 Å². The normalized spacial score (nSPS) is 12.6. The van der Waals surface area contributed by atoms with E-state index in [0.29, 0.717) is 6.04 Å². The zero-order chi connectivity index (χ0) is 19.2. The molecule has 0 spiro atoms. The van der Waals surface area contributed by atoms with Crippen LogP contribution in [0.4, 0.5) is 0 Å². The van der Waals surface area contributed by atoms with Crippen LogP contribution in [-0.4, -0.2) is 41.2 Å².